The van der Waals surface area contributed by atoms with Crippen LogP contribution in [0.3, 0.4) is 0 Å². The van der Waals surface area contributed by atoms with Gasteiger partial charge in [0.1, 0.15) is 40.8 Å². The Hall–Kier alpha value is -3.71. The van der Waals surface area contributed by atoms with E-state index in [1.807, 2.05) is 0 Å². The van der Waals surface area contributed by atoms with Gasteiger partial charge in [-0.25, -0.2) is 0 Å². The largest absolute Gasteiger partial charge is 0.508 e. The highest BCUT2D eigenvalue weighted by molar-refractivity contribution is 5.88. The van der Waals surface area contributed by atoms with E-state index in [9.17, 15) is 45.6 Å². The van der Waals surface area contributed by atoms with Gasteiger partial charge in [0.2, 0.25) is 17.5 Å². The minimum absolute atomic E-state index is 0.165. The third kappa shape index (κ3) is 3.40. The van der Waals surface area contributed by atoms with Crippen molar-refractivity contribution in [2.24, 2.45) is 0 Å². The Bertz CT molecular complexity index is 1230. The first-order valence-electron chi connectivity index (χ1n) is 9.19. The molecule has 0 unspecified atom stereocenters. The van der Waals surface area contributed by atoms with E-state index >= 15 is 0 Å². The molecule has 0 bridgehead atoms. The minimum Gasteiger partial charge on any atom is -0.508 e. The molecule has 1 saturated heterocycles. The summed E-state index contributed by atoms with van der Waals surface area (Å²) in [5, 5.41) is 78.1. The van der Waals surface area contributed by atoms with Crippen LogP contribution < -0.4 is 10.2 Å². The molecular weight excluding hydrogens is 432 g/mol. The summed E-state index contributed by atoms with van der Waals surface area (Å²) in [6, 6.07) is 3.78. The van der Waals surface area contributed by atoms with Crippen molar-refractivity contribution in [2.45, 2.75) is 24.6 Å². The SMILES string of the molecule is O=c1c(O[C@H]2O[C@H](CO)[C@@H](O)[C@@H]2O)c(-c2cc(O)c(O)c(O)c2)oc2cc(O)cc(O)c12. The lowest BCUT2D eigenvalue weighted by atomic mass is 10.1. The summed E-state index contributed by atoms with van der Waals surface area (Å²) in [4.78, 5) is 13.2. The van der Waals surface area contributed by atoms with E-state index in [0.717, 1.165) is 24.3 Å². The van der Waals surface area contributed by atoms with Crippen LogP contribution in [0.25, 0.3) is 22.3 Å². The topological polar surface area (TPSA) is 211 Å². The number of hydrogen-bond acceptors (Lipinski definition) is 12. The average molecular weight is 450 g/mol. The van der Waals surface area contributed by atoms with Crippen LogP contribution in [0.1, 0.15) is 0 Å². The first-order chi connectivity index (χ1) is 15.1. The Morgan fingerprint density at radius 1 is 0.906 bits per heavy atom. The maximum atomic E-state index is 13.2. The molecule has 0 aliphatic carbocycles. The van der Waals surface area contributed by atoms with Crippen LogP contribution in [0.5, 0.6) is 34.5 Å². The van der Waals surface area contributed by atoms with Crippen LogP contribution in [0.2, 0.25) is 0 Å². The monoisotopic (exact) mass is 450 g/mol. The Morgan fingerprint density at radius 3 is 2.16 bits per heavy atom. The summed E-state index contributed by atoms with van der Waals surface area (Å²) in [6.07, 6.45) is -6.06. The number of hydrogen-bond donors (Lipinski definition) is 8. The smallest absolute Gasteiger partial charge is 0.239 e. The molecule has 2 aromatic carbocycles. The van der Waals surface area contributed by atoms with Crippen LogP contribution >= 0.6 is 0 Å². The van der Waals surface area contributed by atoms with Crippen molar-refractivity contribution in [1.82, 2.24) is 0 Å². The van der Waals surface area contributed by atoms with E-state index in [0.29, 0.717) is 0 Å². The summed E-state index contributed by atoms with van der Waals surface area (Å²) < 4.78 is 16.3. The first-order valence-corrected chi connectivity index (χ1v) is 9.19. The molecule has 0 saturated carbocycles. The maximum absolute atomic E-state index is 13.2. The van der Waals surface area contributed by atoms with Crippen LogP contribution in [-0.2, 0) is 4.74 Å². The van der Waals surface area contributed by atoms with Gasteiger partial charge in [-0.15, -0.1) is 0 Å². The second kappa shape index (κ2) is 7.76. The Kier molecular flexibility index (Phi) is 5.22. The molecule has 0 radical (unpaired) electrons. The van der Waals surface area contributed by atoms with Crippen molar-refractivity contribution < 1.29 is 54.7 Å². The molecule has 12 heteroatoms. The van der Waals surface area contributed by atoms with Gasteiger partial charge in [0.15, 0.2) is 23.0 Å². The van der Waals surface area contributed by atoms with E-state index in [1.54, 1.807) is 0 Å². The van der Waals surface area contributed by atoms with Gasteiger partial charge in [-0.3, -0.25) is 4.79 Å². The number of aliphatic hydroxyl groups excluding tert-OH is 3. The zero-order valence-electron chi connectivity index (χ0n) is 16.0. The van der Waals surface area contributed by atoms with Crippen LogP contribution in [0.15, 0.2) is 33.5 Å². The standard InChI is InChI=1S/C20H18O12/c21-5-12-15(27)17(29)20(31-12)32-19-16(28)13-8(23)3-7(22)4-11(13)30-18(19)6-1-9(24)14(26)10(25)2-6/h1-4,12,15,17,20-27,29H,5H2/t12-,15-,17+,20-/m1/s1. The van der Waals surface area contributed by atoms with Crippen LogP contribution in [-0.4, -0.2) is 72.1 Å². The number of fused-ring (bicyclic) bond motifs is 1. The molecule has 0 spiro atoms. The molecular formula is C20H18O12. The summed E-state index contributed by atoms with van der Waals surface area (Å²) in [6.45, 7) is -0.656. The molecule has 1 aliphatic rings. The quantitative estimate of drug-likeness (QED) is 0.243. The molecule has 1 aliphatic heterocycles. The van der Waals surface area contributed by atoms with Crippen molar-refractivity contribution in [3.8, 4) is 45.8 Å². The third-order valence-corrected chi connectivity index (χ3v) is 4.98. The van der Waals surface area contributed by atoms with E-state index in [1.165, 1.54) is 0 Å². The van der Waals surface area contributed by atoms with Crippen LogP contribution in [0, 0.1) is 0 Å². The van der Waals surface area contributed by atoms with Crippen molar-refractivity contribution in [2.75, 3.05) is 6.61 Å². The van der Waals surface area contributed by atoms with E-state index in [4.69, 9.17) is 13.9 Å². The van der Waals surface area contributed by atoms with Crippen LogP contribution in [0.4, 0.5) is 0 Å². The predicted octanol–water partition coefficient (Wildman–Crippen LogP) is -0.194. The van der Waals surface area contributed by atoms with Gasteiger partial charge in [-0.1, -0.05) is 0 Å². The molecule has 12 nitrogen and oxygen atoms in total. The first kappa shape index (κ1) is 21.5. The fourth-order valence-corrected chi connectivity index (χ4v) is 3.38. The van der Waals surface area contributed by atoms with Crippen molar-refractivity contribution >= 4 is 11.0 Å². The number of aliphatic hydroxyl groups is 3. The number of phenolic OH excluding ortho intramolecular Hbond substituents is 5. The van der Waals surface area contributed by atoms with Gasteiger partial charge in [-0.05, 0) is 12.1 Å². The molecule has 170 valence electrons. The number of ether oxygens (including phenoxy) is 2. The second-order valence-corrected chi connectivity index (χ2v) is 7.12. The lowest BCUT2D eigenvalue weighted by molar-refractivity contribution is -0.117. The molecule has 4 rings (SSSR count). The number of aromatic hydroxyl groups is 5. The fraction of sp³-hybridized carbons (Fsp3) is 0.250. The molecule has 2 heterocycles. The Labute approximate surface area is 178 Å². The molecule has 1 aromatic heterocycles. The Balaban J connectivity index is 1.95. The van der Waals surface area contributed by atoms with E-state index in [-0.39, 0.29) is 11.1 Å². The van der Waals surface area contributed by atoms with Crippen molar-refractivity contribution in [3.63, 3.8) is 0 Å². The molecule has 1 fully saturated rings. The molecule has 8 N–H and O–H groups in total. The molecule has 32 heavy (non-hydrogen) atoms. The van der Waals surface area contributed by atoms with Gasteiger partial charge in [0.25, 0.3) is 0 Å². The third-order valence-electron chi connectivity index (χ3n) is 4.98. The summed E-state index contributed by atoms with van der Waals surface area (Å²) >= 11 is 0. The Morgan fingerprint density at radius 2 is 1.56 bits per heavy atom. The summed E-state index contributed by atoms with van der Waals surface area (Å²) in [7, 11) is 0. The van der Waals surface area contributed by atoms with E-state index < -0.39 is 82.3 Å². The van der Waals surface area contributed by atoms with Gasteiger partial charge < -0.3 is 54.7 Å². The molecule has 3 aromatic rings. The van der Waals surface area contributed by atoms with Gasteiger partial charge in [0, 0.05) is 17.7 Å². The van der Waals surface area contributed by atoms with Gasteiger partial charge in [0.05, 0.1) is 6.61 Å². The highest BCUT2D eigenvalue weighted by atomic mass is 16.7. The minimum atomic E-state index is -1.68. The molecule has 4 atom stereocenters. The summed E-state index contributed by atoms with van der Waals surface area (Å²) in [5.74, 6) is -4.53. The van der Waals surface area contributed by atoms with E-state index in [2.05, 4.69) is 0 Å². The second-order valence-electron chi connectivity index (χ2n) is 7.12. The zero-order valence-corrected chi connectivity index (χ0v) is 16.0. The normalized spacial score (nSPS) is 23.0. The predicted molar refractivity (Wildman–Crippen MR) is 105 cm³/mol. The van der Waals surface area contributed by atoms with Crippen molar-refractivity contribution in [1.29, 1.82) is 0 Å². The summed E-state index contributed by atoms with van der Waals surface area (Å²) in [5.41, 5.74) is -1.44. The lowest BCUT2D eigenvalue weighted by Crippen LogP contribution is -2.36. The highest BCUT2D eigenvalue weighted by Crippen LogP contribution is 2.43. The van der Waals surface area contributed by atoms with Gasteiger partial charge >= 0.3 is 0 Å². The fourth-order valence-electron chi connectivity index (χ4n) is 3.38. The number of rotatable bonds is 4. The average Bonchev–Trinajstić information content (AvgIpc) is 3.00. The number of phenols is 5. The highest BCUT2D eigenvalue weighted by Gasteiger charge is 2.44. The maximum Gasteiger partial charge on any atom is 0.239 e. The van der Waals surface area contributed by atoms with Crippen molar-refractivity contribution in [3.05, 3.63) is 34.5 Å². The lowest BCUT2D eigenvalue weighted by Gasteiger charge is -2.19. The zero-order chi connectivity index (χ0) is 23.3. The molecule has 0 amide bonds. The number of benzene rings is 2. The van der Waals surface area contributed by atoms with Gasteiger partial charge in [-0.2, -0.15) is 0 Å².